The summed E-state index contributed by atoms with van der Waals surface area (Å²) in [5.41, 5.74) is -0.642. The second-order valence-electron chi connectivity index (χ2n) is 4.53. The number of hydrogen-bond donors (Lipinski definition) is 1. The van der Waals surface area contributed by atoms with Crippen molar-refractivity contribution in [2.75, 3.05) is 5.75 Å². The van der Waals surface area contributed by atoms with Crippen LogP contribution in [0.2, 0.25) is 0 Å². The number of carbonyl (C=O) groups is 2. The third-order valence-electron chi connectivity index (χ3n) is 3.48. The monoisotopic (exact) mass is 264 g/mol. The smallest absolute Gasteiger partial charge is 0.317 e. The molecule has 1 aromatic rings. The van der Waals surface area contributed by atoms with Crippen LogP contribution in [0.25, 0.3) is 0 Å². The van der Waals surface area contributed by atoms with E-state index in [2.05, 4.69) is 6.92 Å². The molecule has 0 atom stereocenters. The Hall–Kier alpha value is -1.29. The number of rotatable bonds is 5. The van der Waals surface area contributed by atoms with Crippen LogP contribution in [0.1, 0.15) is 36.5 Å². The normalized spacial score (nSPS) is 16.9. The van der Waals surface area contributed by atoms with Crippen molar-refractivity contribution in [3.05, 3.63) is 29.8 Å². The van der Waals surface area contributed by atoms with Crippen molar-refractivity contribution in [2.24, 2.45) is 5.41 Å². The molecular formula is C14H16O3S. The Bertz CT molecular complexity index is 460. The van der Waals surface area contributed by atoms with Gasteiger partial charge in [0, 0.05) is 10.5 Å². The van der Waals surface area contributed by atoms with E-state index in [0.29, 0.717) is 18.4 Å². The molecule has 3 nitrogen and oxygen atoms in total. The van der Waals surface area contributed by atoms with Crippen molar-refractivity contribution in [1.29, 1.82) is 0 Å². The fourth-order valence-corrected chi connectivity index (χ4v) is 2.88. The van der Waals surface area contributed by atoms with Crippen LogP contribution < -0.4 is 0 Å². The van der Waals surface area contributed by atoms with E-state index in [9.17, 15) is 14.7 Å². The molecular weight excluding hydrogens is 248 g/mol. The molecule has 2 rings (SSSR count). The number of carboxylic acid groups (broad SMARTS) is 1. The maximum Gasteiger partial charge on any atom is 0.317 e. The molecule has 1 aromatic carbocycles. The zero-order valence-corrected chi connectivity index (χ0v) is 11.1. The molecule has 0 saturated heterocycles. The minimum atomic E-state index is -1.15. The standard InChI is InChI=1S/C14H16O3S/c1-2-18-11-6-4-10(5-7-11)12(15)14(13(16)17)8-3-9-14/h4-7H,2-3,8-9H2,1H3,(H,16,17). The Kier molecular flexibility index (Phi) is 3.76. The summed E-state index contributed by atoms with van der Waals surface area (Å²) < 4.78 is 0. The largest absolute Gasteiger partial charge is 0.480 e. The topological polar surface area (TPSA) is 54.4 Å². The Labute approximate surface area is 111 Å². The third kappa shape index (κ3) is 2.17. The summed E-state index contributed by atoms with van der Waals surface area (Å²) >= 11 is 1.70. The number of ketones is 1. The Morgan fingerprint density at radius 3 is 2.28 bits per heavy atom. The molecule has 0 radical (unpaired) electrons. The summed E-state index contributed by atoms with van der Waals surface area (Å²) in [6.45, 7) is 2.07. The van der Waals surface area contributed by atoms with E-state index in [1.165, 1.54) is 0 Å². The molecule has 0 bridgehead atoms. The van der Waals surface area contributed by atoms with Crippen LogP contribution in [-0.2, 0) is 4.79 Å². The van der Waals surface area contributed by atoms with Crippen molar-refractivity contribution >= 4 is 23.5 Å². The Balaban J connectivity index is 2.20. The quantitative estimate of drug-likeness (QED) is 0.504. The van der Waals surface area contributed by atoms with Gasteiger partial charge in [-0.2, -0.15) is 0 Å². The SMILES string of the molecule is CCSc1ccc(C(=O)C2(C(=O)O)CCC2)cc1. The van der Waals surface area contributed by atoms with Gasteiger partial charge in [0.1, 0.15) is 5.41 Å². The highest BCUT2D eigenvalue weighted by Crippen LogP contribution is 2.43. The minimum absolute atomic E-state index is 0.241. The molecule has 4 heteroatoms. The first-order valence-electron chi connectivity index (χ1n) is 6.11. The molecule has 0 aliphatic heterocycles. The van der Waals surface area contributed by atoms with Crippen molar-refractivity contribution < 1.29 is 14.7 Å². The number of hydrogen-bond acceptors (Lipinski definition) is 3. The summed E-state index contributed by atoms with van der Waals surface area (Å²) in [7, 11) is 0. The van der Waals surface area contributed by atoms with Crippen molar-refractivity contribution in [2.45, 2.75) is 31.1 Å². The number of aliphatic carboxylic acids is 1. The molecule has 1 N–H and O–H groups in total. The zero-order chi connectivity index (χ0) is 13.2. The average molecular weight is 264 g/mol. The molecule has 1 saturated carbocycles. The van der Waals surface area contributed by atoms with Gasteiger partial charge in [0.05, 0.1) is 0 Å². The lowest BCUT2D eigenvalue weighted by molar-refractivity contribution is -0.150. The van der Waals surface area contributed by atoms with Gasteiger partial charge in [0.2, 0.25) is 0 Å². The highest BCUT2D eigenvalue weighted by molar-refractivity contribution is 7.99. The first kappa shape index (κ1) is 13.1. The second kappa shape index (κ2) is 5.14. The lowest BCUT2D eigenvalue weighted by Gasteiger charge is -2.35. The maximum atomic E-state index is 12.3. The van der Waals surface area contributed by atoms with Gasteiger partial charge >= 0.3 is 5.97 Å². The first-order chi connectivity index (χ1) is 8.60. The van der Waals surface area contributed by atoms with E-state index in [4.69, 9.17) is 0 Å². The highest BCUT2D eigenvalue weighted by atomic mass is 32.2. The highest BCUT2D eigenvalue weighted by Gasteiger charge is 2.51. The molecule has 1 aliphatic carbocycles. The molecule has 1 aliphatic rings. The van der Waals surface area contributed by atoms with Crippen molar-refractivity contribution in [3.63, 3.8) is 0 Å². The minimum Gasteiger partial charge on any atom is -0.480 e. The number of carboxylic acids is 1. The second-order valence-corrected chi connectivity index (χ2v) is 5.86. The van der Waals surface area contributed by atoms with Gasteiger partial charge in [0.15, 0.2) is 5.78 Å². The summed E-state index contributed by atoms with van der Waals surface area (Å²) in [6, 6.07) is 7.25. The van der Waals surface area contributed by atoms with E-state index in [-0.39, 0.29) is 5.78 Å². The number of thioether (sulfide) groups is 1. The van der Waals surface area contributed by atoms with E-state index in [1.54, 1.807) is 23.9 Å². The fraction of sp³-hybridized carbons (Fsp3) is 0.429. The molecule has 18 heavy (non-hydrogen) atoms. The van der Waals surface area contributed by atoms with E-state index < -0.39 is 11.4 Å². The van der Waals surface area contributed by atoms with Gasteiger partial charge in [-0.15, -0.1) is 11.8 Å². The van der Waals surface area contributed by atoms with Crippen molar-refractivity contribution in [3.8, 4) is 0 Å². The van der Waals surface area contributed by atoms with Gasteiger partial charge in [-0.25, -0.2) is 0 Å². The lowest BCUT2D eigenvalue weighted by atomic mass is 9.64. The first-order valence-corrected chi connectivity index (χ1v) is 7.10. The van der Waals surface area contributed by atoms with Crippen LogP contribution in [0.3, 0.4) is 0 Å². The Morgan fingerprint density at radius 2 is 1.89 bits per heavy atom. The molecule has 0 spiro atoms. The van der Waals surface area contributed by atoms with E-state index >= 15 is 0 Å². The van der Waals surface area contributed by atoms with Gasteiger partial charge < -0.3 is 5.11 Å². The maximum absolute atomic E-state index is 12.3. The summed E-state index contributed by atoms with van der Waals surface area (Å²) in [6.07, 6.45) is 1.75. The van der Waals surface area contributed by atoms with E-state index in [1.807, 2.05) is 12.1 Å². The number of benzene rings is 1. The molecule has 0 amide bonds. The predicted molar refractivity (Wildman–Crippen MR) is 71.1 cm³/mol. The third-order valence-corrected chi connectivity index (χ3v) is 4.37. The number of carbonyl (C=O) groups excluding carboxylic acids is 1. The summed E-state index contributed by atoms with van der Waals surface area (Å²) in [5.74, 6) is -0.244. The number of Topliss-reactive ketones (excluding diaryl/α,β-unsaturated/α-hetero) is 1. The molecule has 0 aromatic heterocycles. The molecule has 0 unspecified atom stereocenters. The van der Waals surface area contributed by atoms with Crippen molar-refractivity contribution in [1.82, 2.24) is 0 Å². The zero-order valence-electron chi connectivity index (χ0n) is 10.3. The molecule has 1 fully saturated rings. The lowest BCUT2D eigenvalue weighted by Crippen LogP contribution is -2.45. The summed E-state index contributed by atoms with van der Waals surface area (Å²) in [4.78, 5) is 24.6. The van der Waals surface area contributed by atoms with Crippen LogP contribution >= 0.6 is 11.8 Å². The van der Waals surface area contributed by atoms with Gasteiger partial charge in [-0.05, 0) is 30.7 Å². The predicted octanol–water partition coefficient (Wildman–Crippen LogP) is 3.24. The van der Waals surface area contributed by atoms with Gasteiger partial charge in [-0.1, -0.05) is 25.5 Å². The van der Waals surface area contributed by atoms with Crippen LogP contribution in [0, 0.1) is 5.41 Å². The van der Waals surface area contributed by atoms with Gasteiger partial charge in [0.25, 0.3) is 0 Å². The van der Waals surface area contributed by atoms with Gasteiger partial charge in [-0.3, -0.25) is 9.59 Å². The average Bonchev–Trinajstić information content (AvgIpc) is 2.28. The van der Waals surface area contributed by atoms with Crippen LogP contribution in [0.15, 0.2) is 29.2 Å². The Morgan fingerprint density at radius 1 is 1.28 bits per heavy atom. The molecule has 96 valence electrons. The van der Waals surface area contributed by atoms with Crippen LogP contribution in [0.5, 0.6) is 0 Å². The van der Waals surface area contributed by atoms with Crippen LogP contribution in [0.4, 0.5) is 0 Å². The summed E-state index contributed by atoms with van der Waals surface area (Å²) in [5, 5.41) is 9.23. The van der Waals surface area contributed by atoms with E-state index in [0.717, 1.165) is 17.1 Å². The van der Waals surface area contributed by atoms with Crippen LogP contribution in [-0.4, -0.2) is 22.6 Å². The molecule has 0 heterocycles. The fourth-order valence-electron chi connectivity index (χ4n) is 2.21.